The summed E-state index contributed by atoms with van der Waals surface area (Å²) >= 11 is 0. The number of halogens is 3. The van der Waals surface area contributed by atoms with Crippen LogP contribution in [-0.4, -0.2) is 40.7 Å². The molecule has 2 saturated carbocycles. The number of nitrogens with zero attached hydrogens (tertiary/aromatic N) is 2. The van der Waals surface area contributed by atoms with E-state index in [9.17, 15) is 18.0 Å². The number of benzene rings is 1. The monoisotopic (exact) mass is 489 g/mol. The fourth-order valence-electron chi connectivity index (χ4n) is 4.82. The van der Waals surface area contributed by atoms with Gasteiger partial charge in [0, 0.05) is 43.2 Å². The topological polar surface area (TPSA) is 54.5 Å². The highest BCUT2D eigenvalue weighted by Gasteiger charge is 2.49. The summed E-state index contributed by atoms with van der Waals surface area (Å²) < 4.78 is 44.0. The summed E-state index contributed by atoms with van der Waals surface area (Å²) in [5.74, 6) is 0.312. The van der Waals surface area contributed by atoms with Crippen LogP contribution in [0.1, 0.15) is 69.2 Å². The summed E-state index contributed by atoms with van der Waals surface area (Å²) in [7, 11) is 0. The number of hydrogen-bond acceptors (Lipinski definition) is 4. The predicted molar refractivity (Wildman–Crippen MR) is 128 cm³/mol. The molecule has 0 radical (unpaired) electrons. The van der Waals surface area contributed by atoms with Gasteiger partial charge in [0.1, 0.15) is 11.3 Å². The molecule has 2 aliphatic rings. The maximum absolute atomic E-state index is 13.2. The number of alkyl halides is 3. The Labute approximate surface area is 205 Å². The van der Waals surface area contributed by atoms with Gasteiger partial charge in [0.2, 0.25) is 0 Å². The molecule has 2 aliphatic carbocycles. The first-order valence-electron chi connectivity index (χ1n) is 12.2. The number of rotatable bonds is 8. The van der Waals surface area contributed by atoms with Gasteiger partial charge in [0.05, 0.1) is 0 Å². The molecule has 0 unspecified atom stereocenters. The average Bonchev–Trinajstić information content (AvgIpc) is 3.54. The van der Waals surface area contributed by atoms with E-state index in [0.717, 1.165) is 31.7 Å². The molecule has 4 rings (SSSR count). The van der Waals surface area contributed by atoms with Crippen molar-refractivity contribution in [1.82, 2.24) is 15.2 Å². The third-order valence-electron chi connectivity index (χ3n) is 6.88. The van der Waals surface area contributed by atoms with Gasteiger partial charge in [-0.2, -0.15) is 13.2 Å². The van der Waals surface area contributed by atoms with Gasteiger partial charge in [0.15, 0.2) is 0 Å². The largest absolute Gasteiger partial charge is 0.444 e. The zero-order valence-electron chi connectivity index (χ0n) is 20.6. The first kappa shape index (κ1) is 25.5. The zero-order valence-corrected chi connectivity index (χ0v) is 20.6. The van der Waals surface area contributed by atoms with Crippen molar-refractivity contribution in [2.45, 2.75) is 76.7 Å². The molecule has 1 aromatic heterocycles. The number of nitrogens with one attached hydrogen (secondary N) is 1. The Kier molecular flexibility index (Phi) is 7.13. The van der Waals surface area contributed by atoms with Gasteiger partial charge < -0.3 is 15.0 Å². The van der Waals surface area contributed by atoms with E-state index in [1.165, 1.54) is 17.8 Å². The Morgan fingerprint density at radius 2 is 1.86 bits per heavy atom. The van der Waals surface area contributed by atoms with E-state index < -0.39 is 17.5 Å². The summed E-state index contributed by atoms with van der Waals surface area (Å²) in [6.07, 6.45) is 0.556. The lowest BCUT2D eigenvalue weighted by molar-refractivity contribution is -0.141. The summed E-state index contributed by atoms with van der Waals surface area (Å²) in [6.45, 7) is 7.34. The molecule has 2 atom stereocenters. The molecule has 0 bridgehead atoms. The highest BCUT2D eigenvalue weighted by atomic mass is 19.4. The lowest BCUT2D eigenvalue weighted by atomic mass is 9.68. The maximum Gasteiger partial charge on any atom is 0.433 e. The van der Waals surface area contributed by atoms with Crippen LogP contribution in [0.4, 0.5) is 18.0 Å². The van der Waals surface area contributed by atoms with Crippen molar-refractivity contribution >= 4 is 6.09 Å². The fourth-order valence-corrected chi connectivity index (χ4v) is 4.82. The molecular formula is C27H34F3N3O2. The SMILES string of the molecule is CC(C)(C)OC(=O)N(CC1(CNCc2ccc(C(F)(F)F)nc2)CCC1)[C@H]1C[C@@H]1c1ccccc1. The van der Waals surface area contributed by atoms with Crippen LogP contribution in [0.25, 0.3) is 0 Å². The summed E-state index contributed by atoms with van der Waals surface area (Å²) in [4.78, 5) is 18.7. The minimum absolute atomic E-state index is 0.0694. The van der Waals surface area contributed by atoms with E-state index >= 15 is 0 Å². The summed E-state index contributed by atoms with van der Waals surface area (Å²) in [6, 6.07) is 12.8. The molecule has 0 spiro atoms. The summed E-state index contributed by atoms with van der Waals surface area (Å²) in [5, 5.41) is 3.40. The van der Waals surface area contributed by atoms with Crippen molar-refractivity contribution < 1.29 is 22.7 Å². The number of carbonyl (C=O) groups is 1. The van der Waals surface area contributed by atoms with Crippen molar-refractivity contribution in [2.75, 3.05) is 13.1 Å². The summed E-state index contributed by atoms with van der Waals surface area (Å²) in [5.41, 5.74) is 0.402. The van der Waals surface area contributed by atoms with Crippen LogP contribution in [0, 0.1) is 5.41 Å². The van der Waals surface area contributed by atoms with E-state index in [2.05, 4.69) is 22.4 Å². The van der Waals surface area contributed by atoms with E-state index in [0.29, 0.717) is 31.1 Å². The highest BCUT2D eigenvalue weighted by molar-refractivity contribution is 5.69. The second-order valence-corrected chi connectivity index (χ2v) is 10.9. The molecule has 8 heteroatoms. The van der Waals surface area contributed by atoms with Gasteiger partial charge in [0.25, 0.3) is 0 Å². The molecule has 5 nitrogen and oxygen atoms in total. The van der Waals surface area contributed by atoms with Gasteiger partial charge in [-0.1, -0.05) is 42.8 Å². The van der Waals surface area contributed by atoms with E-state index in [4.69, 9.17) is 4.74 Å². The standard InChI is InChI=1S/C27H34F3N3O2/c1-25(2,3)35-24(34)33(22-14-21(22)20-8-5-4-6-9-20)18-26(12-7-13-26)17-31-15-19-10-11-23(32-16-19)27(28,29)30/h4-6,8-11,16,21-22,31H,7,12-15,17-18H2,1-3H3/t21-,22+/m1/s1. The van der Waals surface area contributed by atoms with Gasteiger partial charge in [-0.15, -0.1) is 0 Å². The number of hydrogen-bond donors (Lipinski definition) is 1. The first-order chi connectivity index (χ1) is 16.5. The van der Waals surface area contributed by atoms with Crippen molar-refractivity contribution in [3.8, 4) is 0 Å². The Balaban J connectivity index is 1.40. The fraction of sp³-hybridized carbons (Fsp3) is 0.556. The van der Waals surface area contributed by atoms with Gasteiger partial charge in [-0.3, -0.25) is 4.98 Å². The molecule has 2 aromatic rings. The number of ether oxygens (including phenoxy) is 1. The van der Waals surface area contributed by atoms with Crippen LogP contribution in [0.2, 0.25) is 0 Å². The Bertz CT molecular complexity index is 999. The van der Waals surface area contributed by atoms with Crippen molar-refractivity contribution in [3.05, 3.63) is 65.5 Å². The highest BCUT2D eigenvalue weighted by Crippen LogP contribution is 2.49. The predicted octanol–water partition coefficient (Wildman–Crippen LogP) is 6.15. The van der Waals surface area contributed by atoms with Crippen LogP contribution in [-0.2, 0) is 17.5 Å². The molecule has 1 heterocycles. The van der Waals surface area contributed by atoms with E-state index in [1.807, 2.05) is 43.9 Å². The minimum Gasteiger partial charge on any atom is -0.444 e. The van der Waals surface area contributed by atoms with Crippen molar-refractivity contribution in [3.63, 3.8) is 0 Å². The molecule has 1 N–H and O–H groups in total. The number of pyridine rings is 1. The smallest absolute Gasteiger partial charge is 0.433 e. The quantitative estimate of drug-likeness (QED) is 0.483. The lowest BCUT2D eigenvalue weighted by Crippen LogP contribution is -2.51. The Morgan fingerprint density at radius 1 is 1.14 bits per heavy atom. The van der Waals surface area contributed by atoms with Crippen LogP contribution in [0.5, 0.6) is 0 Å². The average molecular weight is 490 g/mol. The van der Waals surface area contributed by atoms with Crippen LogP contribution < -0.4 is 5.32 Å². The molecule has 1 aromatic carbocycles. The maximum atomic E-state index is 13.2. The minimum atomic E-state index is -4.44. The first-order valence-corrected chi connectivity index (χ1v) is 12.2. The van der Waals surface area contributed by atoms with Gasteiger partial charge in [-0.05, 0) is 57.2 Å². The number of aromatic nitrogens is 1. The molecule has 190 valence electrons. The molecule has 1 amide bonds. The van der Waals surface area contributed by atoms with E-state index in [-0.39, 0.29) is 17.6 Å². The second-order valence-electron chi connectivity index (χ2n) is 10.9. The zero-order chi connectivity index (χ0) is 25.3. The normalized spacial score (nSPS) is 21.2. The van der Waals surface area contributed by atoms with Crippen LogP contribution >= 0.6 is 0 Å². The molecular weight excluding hydrogens is 455 g/mol. The van der Waals surface area contributed by atoms with Crippen molar-refractivity contribution in [2.24, 2.45) is 5.41 Å². The van der Waals surface area contributed by atoms with Gasteiger partial charge in [-0.25, -0.2) is 4.79 Å². The van der Waals surface area contributed by atoms with Crippen LogP contribution in [0.3, 0.4) is 0 Å². The molecule has 35 heavy (non-hydrogen) atoms. The third kappa shape index (κ3) is 6.54. The lowest BCUT2D eigenvalue weighted by Gasteiger charge is -2.45. The van der Waals surface area contributed by atoms with Gasteiger partial charge >= 0.3 is 12.3 Å². The number of amides is 1. The molecule has 0 saturated heterocycles. The molecule has 0 aliphatic heterocycles. The third-order valence-corrected chi connectivity index (χ3v) is 6.88. The van der Waals surface area contributed by atoms with Crippen LogP contribution in [0.15, 0.2) is 48.7 Å². The number of carbonyl (C=O) groups excluding carboxylic acids is 1. The Morgan fingerprint density at radius 3 is 2.40 bits per heavy atom. The Hall–Kier alpha value is -2.61. The van der Waals surface area contributed by atoms with E-state index in [1.54, 1.807) is 0 Å². The second kappa shape index (κ2) is 9.80. The van der Waals surface area contributed by atoms with Crippen molar-refractivity contribution in [1.29, 1.82) is 0 Å². The molecule has 2 fully saturated rings.